The molecule has 1 fully saturated rings. The summed E-state index contributed by atoms with van der Waals surface area (Å²) in [6.07, 6.45) is 2.26. The van der Waals surface area contributed by atoms with E-state index < -0.39 is 11.7 Å². The third-order valence-corrected chi connectivity index (χ3v) is 4.95. The van der Waals surface area contributed by atoms with Crippen LogP contribution in [0.2, 0.25) is 5.02 Å². The molecule has 0 aromatic heterocycles. The van der Waals surface area contributed by atoms with Gasteiger partial charge in [0.15, 0.2) is 0 Å². The molecule has 1 atom stereocenters. The molecule has 0 saturated carbocycles. The summed E-state index contributed by atoms with van der Waals surface area (Å²) in [6.45, 7) is 2.31. The number of halogens is 2. The highest BCUT2D eigenvalue weighted by atomic mass is 35.5. The van der Waals surface area contributed by atoms with Crippen LogP contribution < -0.4 is 10.1 Å². The topological polar surface area (TPSA) is 41.6 Å². The van der Waals surface area contributed by atoms with Crippen LogP contribution in [0.4, 0.5) is 4.39 Å². The SMILES string of the molecule is COc1ccccc1[C@H](CNC(=O)c1ccc(Cl)cc1F)N1CCCC1. The Morgan fingerprint density at radius 1 is 1.27 bits per heavy atom. The zero-order valence-electron chi connectivity index (χ0n) is 14.7. The predicted octanol–water partition coefficient (Wildman–Crippen LogP) is 4.05. The molecule has 0 spiro atoms. The number of para-hydroxylation sites is 1. The summed E-state index contributed by atoms with van der Waals surface area (Å²) >= 11 is 5.76. The van der Waals surface area contributed by atoms with E-state index in [0.717, 1.165) is 43.3 Å². The second-order valence-corrected chi connectivity index (χ2v) is 6.77. The number of hydrogen-bond acceptors (Lipinski definition) is 3. The maximum atomic E-state index is 14.0. The van der Waals surface area contributed by atoms with Crippen molar-refractivity contribution >= 4 is 17.5 Å². The van der Waals surface area contributed by atoms with Gasteiger partial charge in [-0.15, -0.1) is 0 Å². The van der Waals surface area contributed by atoms with Gasteiger partial charge in [0.1, 0.15) is 11.6 Å². The van der Waals surface area contributed by atoms with E-state index in [2.05, 4.69) is 10.2 Å². The van der Waals surface area contributed by atoms with E-state index in [1.807, 2.05) is 24.3 Å². The largest absolute Gasteiger partial charge is 0.496 e. The van der Waals surface area contributed by atoms with Crippen LogP contribution >= 0.6 is 11.6 Å². The molecule has 0 unspecified atom stereocenters. The number of likely N-dealkylation sites (tertiary alicyclic amines) is 1. The summed E-state index contributed by atoms with van der Waals surface area (Å²) in [5, 5.41) is 3.13. The van der Waals surface area contributed by atoms with Gasteiger partial charge in [-0.2, -0.15) is 0 Å². The van der Waals surface area contributed by atoms with Crippen LogP contribution in [0.3, 0.4) is 0 Å². The number of nitrogens with one attached hydrogen (secondary N) is 1. The number of benzene rings is 2. The molecule has 1 aliphatic heterocycles. The van der Waals surface area contributed by atoms with Gasteiger partial charge >= 0.3 is 0 Å². The average Bonchev–Trinajstić information content (AvgIpc) is 3.16. The molecule has 2 aromatic carbocycles. The molecule has 26 heavy (non-hydrogen) atoms. The minimum absolute atomic E-state index is 0.00500. The van der Waals surface area contributed by atoms with Crippen molar-refractivity contribution in [3.8, 4) is 5.75 Å². The summed E-state index contributed by atoms with van der Waals surface area (Å²) in [5.41, 5.74) is 1.02. The van der Waals surface area contributed by atoms with Gasteiger partial charge in [-0.1, -0.05) is 29.8 Å². The smallest absolute Gasteiger partial charge is 0.254 e. The first-order chi connectivity index (χ1) is 12.6. The van der Waals surface area contributed by atoms with Crippen molar-refractivity contribution in [2.75, 3.05) is 26.7 Å². The lowest BCUT2D eigenvalue weighted by Crippen LogP contribution is -2.37. The molecule has 1 N–H and O–H groups in total. The molecule has 1 saturated heterocycles. The van der Waals surface area contributed by atoms with E-state index in [0.29, 0.717) is 6.54 Å². The van der Waals surface area contributed by atoms with Crippen molar-refractivity contribution in [1.29, 1.82) is 0 Å². The van der Waals surface area contributed by atoms with Crippen LogP contribution in [-0.4, -0.2) is 37.6 Å². The lowest BCUT2D eigenvalue weighted by Gasteiger charge is -2.29. The molecule has 138 valence electrons. The molecule has 1 amide bonds. The molecule has 4 nitrogen and oxygen atoms in total. The Bertz CT molecular complexity index is 778. The van der Waals surface area contributed by atoms with E-state index in [-0.39, 0.29) is 16.6 Å². The maximum absolute atomic E-state index is 14.0. The second kappa shape index (κ2) is 8.52. The van der Waals surface area contributed by atoms with Gasteiger partial charge < -0.3 is 10.1 Å². The maximum Gasteiger partial charge on any atom is 0.254 e. The molecular formula is C20H22ClFN2O2. The minimum Gasteiger partial charge on any atom is -0.496 e. The van der Waals surface area contributed by atoms with Gasteiger partial charge in [0.25, 0.3) is 5.91 Å². The summed E-state index contributed by atoms with van der Waals surface area (Å²) < 4.78 is 19.5. The Kier molecular flexibility index (Phi) is 6.12. The molecule has 1 aliphatic rings. The van der Waals surface area contributed by atoms with E-state index in [9.17, 15) is 9.18 Å². The number of carbonyl (C=O) groups is 1. The van der Waals surface area contributed by atoms with Gasteiger partial charge in [-0.3, -0.25) is 9.69 Å². The highest BCUT2D eigenvalue weighted by Gasteiger charge is 2.26. The Hall–Kier alpha value is -2.11. The molecule has 2 aromatic rings. The van der Waals surface area contributed by atoms with Gasteiger partial charge in [-0.05, 0) is 50.2 Å². The van der Waals surface area contributed by atoms with Crippen molar-refractivity contribution in [1.82, 2.24) is 10.2 Å². The van der Waals surface area contributed by atoms with Crippen LogP contribution in [0.15, 0.2) is 42.5 Å². The number of hydrogen-bond donors (Lipinski definition) is 1. The first kappa shape index (κ1) is 18.7. The first-order valence-electron chi connectivity index (χ1n) is 8.70. The van der Waals surface area contributed by atoms with Crippen molar-refractivity contribution in [2.45, 2.75) is 18.9 Å². The Labute approximate surface area is 157 Å². The Balaban J connectivity index is 1.79. The van der Waals surface area contributed by atoms with Crippen molar-refractivity contribution < 1.29 is 13.9 Å². The zero-order valence-corrected chi connectivity index (χ0v) is 15.4. The highest BCUT2D eigenvalue weighted by Crippen LogP contribution is 2.31. The molecule has 6 heteroatoms. The monoisotopic (exact) mass is 376 g/mol. The lowest BCUT2D eigenvalue weighted by molar-refractivity contribution is 0.0933. The quantitative estimate of drug-likeness (QED) is 0.826. The van der Waals surface area contributed by atoms with Gasteiger partial charge in [0.2, 0.25) is 0 Å². The Morgan fingerprint density at radius 3 is 2.69 bits per heavy atom. The van der Waals surface area contributed by atoms with E-state index in [1.165, 1.54) is 12.1 Å². The van der Waals surface area contributed by atoms with E-state index in [1.54, 1.807) is 7.11 Å². The zero-order chi connectivity index (χ0) is 18.5. The molecule has 1 heterocycles. The summed E-state index contributed by atoms with van der Waals surface area (Å²) in [6, 6.07) is 11.9. The average molecular weight is 377 g/mol. The summed E-state index contributed by atoms with van der Waals surface area (Å²) in [5.74, 6) is -0.278. The van der Waals surface area contributed by atoms with Crippen LogP contribution in [0.25, 0.3) is 0 Å². The number of amides is 1. The van der Waals surface area contributed by atoms with Gasteiger partial charge in [0.05, 0.1) is 18.7 Å². The molecule has 3 rings (SSSR count). The number of methoxy groups -OCH3 is 1. The predicted molar refractivity (Wildman–Crippen MR) is 100 cm³/mol. The third kappa shape index (κ3) is 4.17. The number of nitrogens with zero attached hydrogens (tertiary/aromatic N) is 1. The van der Waals surface area contributed by atoms with E-state index in [4.69, 9.17) is 16.3 Å². The highest BCUT2D eigenvalue weighted by molar-refractivity contribution is 6.30. The standard InChI is InChI=1S/C20H22ClFN2O2/c1-26-19-7-3-2-6-16(19)18(24-10-4-5-11-24)13-23-20(25)15-9-8-14(21)12-17(15)22/h2-3,6-9,12,18H,4-5,10-11,13H2,1H3,(H,23,25)/t18-/m0/s1. The fourth-order valence-corrected chi connectivity index (χ4v) is 3.55. The van der Waals surface area contributed by atoms with Gasteiger partial charge in [-0.25, -0.2) is 4.39 Å². The van der Waals surface area contributed by atoms with E-state index >= 15 is 0 Å². The fraction of sp³-hybridized carbons (Fsp3) is 0.350. The minimum atomic E-state index is -0.620. The van der Waals surface area contributed by atoms with Crippen LogP contribution in [0.5, 0.6) is 5.75 Å². The summed E-state index contributed by atoms with van der Waals surface area (Å²) in [7, 11) is 1.64. The van der Waals surface area contributed by atoms with Crippen molar-refractivity contribution in [3.63, 3.8) is 0 Å². The summed E-state index contributed by atoms with van der Waals surface area (Å²) in [4.78, 5) is 14.8. The molecular weight excluding hydrogens is 355 g/mol. The Morgan fingerprint density at radius 2 is 2.00 bits per heavy atom. The number of rotatable bonds is 6. The van der Waals surface area contributed by atoms with Crippen LogP contribution in [-0.2, 0) is 0 Å². The van der Waals surface area contributed by atoms with Crippen molar-refractivity contribution in [2.24, 2.45) is 0 Å². The normalized spacial score (nSPS) is 15.7. The number of ether oxygens (including phenoxy) is 1. The number of carbonyl (C=O) groups excluding carboxylic acids is 1. The molecule has 0 radical (unpaired) electrons. The fourth-order valence-electron chi connectivity index (χ4n) is 3.39. The molecule has 0 bridgehead atoms. The van der Waals surface area contributed by atoms with Crippen LogP contribution in [0.1, 0.15) is 34.8 Å². The third-order valence-electron chi connectivity index (χ3n) is 4.71. The van der Waals surface area contributed by atoms with Crippen LogP contribution in [0, 0.1) is 5.82 Å². The first-order valence-corrected chi connectivity index (χ1v) is 9.08. The second-order valence-electron chi connectivity index (χ2n) is 6.34. The van der Waals surface area contributed by atoms with Crippen molar-refractivity contribution in [3.05, 3.63) is 64.4 Å². The lowest BCUT2D eigenvalue weighted by atomic mass is 10.0. The van der Waals surface area contributed by atoms with Gasteiger partial charge in [0, 0.05) is 17.1 Å². The molecule has 0 aliphatic carbocycles.